The first-order valence-corrected chi connectivity index (χ1v) is 8.15. The summed E-state index contributed by atoms with van der Waals surface area (Å²) in [5.41, 5.74) is 0.837. The second kappa shape index (κ2) is 5.77. The molecule has 2 fully saturated rings. The summed E-state index contributed by atoms with van der Waals surface area (Å²) in [4.78, 5) is 12.8. The van der Waals surface area contributed by atoms with E-state index >= 15 is 0 Å². The minimum absolute atomic E-state index is 0.234. The number of benzene rings is 1. The van der Waals surface area contributed by atoms with Crippen molar-refractivity contribution in [1.29, 1.82) is 0 Å². The van der Waals surface area contributed by atoms with E-state index in [1.165, 1.54) is 19.3 Å². The summed E-state index contributed by atoms with van der Waals surface area (Å²) in [5, 5.41) is 4.04. The summed E-state index contributed by atoms with van der Waals surface area (Å²) in [6.45, 7) is 0. The molecule has 0 atom stereocenters. The van der Waals surface area contributed by atoms with Gasteiger partial charge in [0, 0.05) is 11.1 Å². The number of hydrogen-bond acceptors (Lipinski definition) is 1. The molecule has 0 saturated heterocycles. The lowest BCUT2D eigenvalue weighted by atomic mass is 9.63. The zero-order chi connectivity index (χ0) is 14.0. The van der Waals surface area contributed by atoms with Crippen molar-refractivity contribution in [3.05, 3.63) is 34.9 Å². The van der Waals surface area contributed by atoms with Gasteiger partial charge in [-0.05, 0) is 43.4 Å². The van der Waals surface area contributed by atoms with Gasteiger partial charge in [-0.1, -0.05) is 49.4 Å². The molecule has 20 heavy (non-hydrogen) atoms. The fourth-order valence-corrected chi connectivity index (χ4v) is 3.64. The van der Waals surface area contributed by atoms with Gasteiger partial charge in [-0.15, -0.1) is 0 Å². The second-order valence-electron chi connectivity index (χ2n) is 6.25. The maximum atomic E-state index is 12.8. The highest BCUT2D eigenvalue weighted by molar-refractivity contribution is 6.30. The molecule has 1 aromatic carbocycles. The van der Waals surface area contributed by atoms with E-state index in [9.17, 15) is 4.79 Å². The molecule has 108 valence electrons. The van der Waals surface area contributed by atoms with Crippen LogP contribution in [0.5, 0.6) is 0 Å². The highest BCUT2D eigenvalue weighted by Gasteiger charge is 2.46. The van der Waals surface area contributed by atoms with Crippen molar-refractivity contribution in [2.45, 2.75) is 62.8 Å². The molecule has 3 rings (SSSR count). The Bertz CT molecular complexity index is 472. The fourth-order valence-electron chi connectivity index (χ4n) is 3.52. The maximum absolute atomic E-state index is 12.8. The summed E-state index contributed by atoms with van der Waals surface area (Å²) in [6, 6.07) is 8.21. The van der Waals surface area contributed by atoms with Gasteiger partial charge in [0.2, 0.25) is 5.91 Å². The first-order chi connectivity index (χ1) is 9.71. The molecule has 0 aromatic heterocycles. The summed E-state index contributed by atoms with van der Waals surface area (Å²) in [6.07, 6.45) is 9.17. The van der Waals surface area contributed by atoms with Gasteiger partial charge < -0.3 is 5.32 Å². The van der Waals surface area contributed by atoms with Crippen molar-refractivity contribution in [3.63, 3.8) is 0 Å². The minimum Gasteiger partial charge on any atom is -0.353 e. The van der Waals surface area contributed by atoms with E-state index in [0.29, 0.717) is 6.04 Å². The van der Waals surface area contributed by atoms with Crippen LogP contribution in [0.2, 0.25) is 5.02 Å². The molecule has 3 heteroatoms. The molecule has 2 aliphatic carbocycles. The average Bonchev–Trinajstić information content (AvgIpc) is 2.41. The van der Waals surface area contributed by atoms with Crippen LogP contribution in [0.1, 0.15) is 56.9 Å². The molecule has 0 aliphatic heterocycles. The molecule has 0 radical (unpaired) electrons. The van der Waals surface area contributed by atoms with Crippen LogP contribution >= 0.6 is 11.6 Å². The standard InChI is InChI=1S/C17H22ClNO/c18-14-9-7-13(8-10-14)17(11-4-12-17)16(20)19-15-5-2-1-3-6-15/h7-10,15H,1-6,11-12H2,(H,19,20). The molecule has 0 bridgehead atoms. The molecule has 1 N–H and O–H groups in total. The van der Waals surface area contributed by atoms with Crippen molar-refractivity contribution < 1.29 is 4.79 Å². The number of carbonyl (C=O) groups excluding carboxylic acids is 1. The summed E-state index contributed by atoms with van der Waals surface area (Å²) in [7, 11) is 0. The first-order valence-electron chi connectivity index (χ1n) is 7.78. The third kappa shape index (κ3) is 2.58. The van der Waals surface area contributed by atoms with Gasteiger partial charge in [-0.2, -0.15) is 0 Å². The molecule has 1 aromatic rings. The van der Waals surface area contributed by atoms with E-state index in [1.807, 2.05) is 24.3 Å². The quantitative estimate of drug-likeness (QED) is 0.888. The molecule has 2 aliphatic rings. The fraction of sp³-hybridized carbons (Fsp3) is 0.588. The van der Waals surface area contributed by atoms with Crippen molar-refractivity contribution >= 4 is 17.5 Å². The van der Waals surface area contributed by atoms with Gasteiger partial charge in [-0.25, -0.2) is 0 Å². The van der Waals surface area contributed by atoms with Crippen LogP contribution in [-0.4, -0.2) is 11.9 Å². The van der Waals surface area contributed by atoms with Gasteiger partial charge in [0.1, 0.15) is 0 Å². The Balaban J connectivity index is 1.74. The normalized spacial score (nSPS) is 22.1. The van der Waals surface area contributed by atoms with Crippen LogP contribution in [0, 0.1) is 0 Å². The average molecular weight is 292 g/mol. The van der Waals surface area contributed by atoms with Gasteiger partial charge >= 0.3 is 0 Å². The zero-order valence-corrected chi connectivity index (χ0v) is 12.6. The Morgan fingerprint density at radius 1 is 1.05 bits per heavy atom. The number of hydrogen-bond donors (Lipinski definition) is 1. The Morgan fingerprint density at radius 2 is 1.70 bits per heavy atom. The summed E-state index contributed by atoms with van der Waals surface area (Å²) < 4.78 is 0. The Hall–Kier alpha value is -1.02. The molecule has 1 amide bonds. The lowest BCUT2D eigenvalue weighted by molar-refractivity contribution is -0.130. The molecule has 2 nitrogen and oxygen atoms in total. The molecule has 0 unspecified atom stereocenters. The van der Waals surface area contributed by atoms with Crippen LogP contribution in [0.15, 0.2) is 24.3 Å². The molecule has 2 saturated carbocycles. The van der Waals surface area contributed by atoms with Crippen LogP contribution < -0.4 is 5.32 Å². The smallest absolute Gasteiger partial charge is 0.230 e. The van der Waals surface area contributed by atoms with Crippen molar-refractivity contribution in [2.75, 3.05) is 0 Å². The largest absolute Gasteiger partial charge is 0.353 e. The SMILES string of the molecule is O=C(NC1CCCCC1)C1(c2ccc(Cl)cc2)CCC1. The van der Waals surface area contributed by atoms with E-state index < -0.39 is 0 Å². The monoisotopic (exact) mass is 291 g/mol. The second-order valence-corrected chi connectivity index (χ2v) is 6.69. The lowest BCUT2D eigenvalue weighted by Gasteiger charge is -2.42. The minimum atomic E-state index is -0.290. The molecule has 0 heterocycles. The molecule has 0 spiro atoms. The van der Waals surface area contributed by atoms with Crippen LogP contribution in [0.3, 0.4) is 0 Å². The molecular weight excluding hydrogens is 270 g/mol. The van der Waals surface area contributed by atoms with Crippen LogP contribution in [-0.2, 0) is 10.2 Å². The number of halogens is 1. The number of nitrogens with one attached hydrogen (secondary N) is 1. The topological polar surface area (TPSA) is 29.1 Å². The van der Waals surface area contributed by atoms with Gasteiger partial charge in [-0.3, -0.25) is 4.79 Å². The van der Waals surface area contributed by atoms with E-state index in [4.69, 9.17) is 11.6 Å². The third-order valence-corrected chi connectivity index (χ3v) is 5.23. The predicted molar refractivity (Wildman–Crippen MR) is 82.0 cm³/mol. The van der Waals surface area contributed by atoms with Gasteiger partial charge in [0.15, 0.2) is 0 Å². The predicted octanol–water partition coefficient (Wildman–Crippen LogP) is 4.21. The number of amides is 1. The lowest BCUT2D eigenvalue weighted by Crippen LogP contribution is -2.52. The summed E-state index contributed by atoms with van der Waals surface area (Å²) in [5.74, 6) is 0.234. The van der Waals surface area contributed by atoms with Gasteiger partial charge in [0.05, 0.1) is 5.41 Å². The van der Waals surface area contributed by atoms with Crippen molar-refractivity contribution in [3.8, 4) is 0 Å². The van der Waals surface area contributed by atoms with E-state index in [1.54, 1.807) is 0 Å². The highest BCUT2D eigenvalue weighted by Crippen LogP contribution is 2.44. The van der Waals surface area contributed by atoms with Gasteiger partial charge in [0.25, 0.3) is 0 Å². The third-order valence-electron chi connectivity index (χ3n) is 4.98. The Morgan fingerprint density at radius 3 is 2.25 bits per heavy atom. The maximum Gasteiger partial charge on any atom is 0.230 e. The van der Waals surface area contributed by atoms with Crippen LogP contribution in [0.4, 0.5) is 0 Å². The summed E-state index contributed by atoms with van der Waals surface area (Å²) >= 11 is 5.96. The molecular formula is C17H22ClNO. The number of rotatable bonds is 3. The zero-order valence-electron chi connectivity index (χ0n) is 11.8. The van der Waals surface area contributed by atoms with Crippen molar-refractivity contribution in [1.82, 2.24) is 5.32 Å². The Labute approximate surface area is 125 Å². The van der Waals surface area contributed by atoms with E-state index in [0.717, 1.165) is 42.7 Å². The van der Waals surface area contributed by atoms with Crippen molar-refractivity contribution in [2.24, 2.45) is 0 Å². The first kappa shape index (κ1) is 13.9. The van der Waals surface area contributed by atoms with E-state index in [-0.39, 0.29) is 11.3 Å². The highest BCUT2D eigenvalue weighted by atomic mass is 35.5. The van der Waals surface area contributed by atoms with E-state index in [2.05, 4.69) is 5.32 Å². The Kier molecular flexibility index (Phi) is 4.02. The van der Waals surface area contributed by atoms with Crippen LogP contribution in [0.25, 0.3) is 0 Å². The number of carbonyl (C=O) groups is 1.